The summed E-state index contributed by atoms with van der Waals surface area (Å²) < 4.78 is 18.8. The normalized spacial score (nSPS) is 17.0. The second kappa shape index (κ2) is 6.29. The van der Waals surface area contributed by atoms with Crippen molar-refractivity contribution in [3.05, 3.63) is 81.7 Å². The van der Waals surface area contributed by atoms with E-state index in [-0.39, 0.29) is 23.5 Å². The van der Waals surface area contributed by atoms with Crippen LogP contribution in [-0.2, 0) is 0 Å². The van der Waals surface area contributed by atoms with Crippen molar-refractivity contribution < 1.29 is 13.6 Å². The molecule has 0 N–H and O–H groups in total. The van der Waals surface area contributed by atoms with Crippen molar-refractivity contribution >= 4 is 23.0 Å². The third-order valence-electron chi connectivity index (χ3n) is 4.10. The second-order valence-corrected chi connectivity index (χ2v) is 7.17. The van der Waals surface area contributed by atoms with Gasteiger partial charge in [0.25, 0.3) is 0 Å². The van der Waals surface area contributed by atoms with E-state index in [1.54, 1.807) is 35.6 Å². The van der Waals surface area contributed by atoms with Crippen LogP contribution < -0.4 is 0 Å². The lowest BCUT2D eigenvalue weighted by Crippen LogP contribution is -2.26. The van der Waals surface area contributed by atoms with Gasteiger partial charge >= 0.3 is 5.91 Å². The number of aryl methyl sites for hydroxylation is 1. The quantitative estimate of drug-likeness (QED) is 0.679. The van der Waals surface area contributed by atoms with Gasteiger partial charge in [-0.1, -0.05) is 12.1 Å². The third-order valence-corrected chi connectivity index (χ3v) is 5.20. The molecule has 0 bridgehead atoms. The molecule has 1 aliphatic rings. The van der Waals surface area contributed by atoms with Gasteiger partial charge in [-0.15, -0.1) is 11.3 Å². The summed E-state index contributed by atoms with van der Waals surface area (Å²) in [5, 5.41) is 5.95. The summed E-state index contributed by atoms with van der Waals surface area (Å²) in [6.07, 6.45) is 2.00. The number of amides is 1. The summed E-state index contributed by atoms with van der Waals surface area (Å²) in [7, 11) is 0. The van der Waals surface area contributed by atoms with Gasteiger partial charge in [0.2, 0.25) is 0 Å². The number of hydrogen-bond donors (Lipinski definition) is 0. The minimum Gasteiger partial charge on any atom is -0.459 e. The number of rotatable bonds is 3. The van der Waals surface area contributed by atoms with E-state index < -0.39 is 0 Å². The minimum absolute atomic E-state index is 0.213. The molecule has 0 fully saturated rings. The van der Waals surface area contributed by atoms with Crippen LogP contribution in [0.1, 0.15) is 38.3 Å². The number of hydrazone groups is 1. The zero-order chi connectivity index (χ0) is 17.4. The Balaban J connectivity index is 1.73. The fourth-order valence-corrected chi connectivity index (χ4v) is 3.87. The van der Waals surface area contributed by atoms with E-state index in [1.807, 2.05) is 19.1 Å². The Kier molecular flexibility index (Phi) is 3.97. The highest BCUT2D eigenvalue weighted by atomic mass is 32.1. The molecule has 0 radical (unpaired) electrons. The molecule has 0 saturated heterocycles. The molecule has 3 heterocycles. The number of furan rings is 1. The standard InChI is InChI=1S/C19H15FN2O2S/c1-12-7-8-18(25-12)16-11-15(13-4-2-5-14(20)10-13)21-22(16)19(23)17-6-3-9-24-17/h2-10,16H,11H2,1H3. The van der Waals surface area contributed by atoms with E-state index in [1.165, 1.54) is 28.3 Å². The zero-order valence-electron chi connectivity index (χ0n) is 13.5. The van der Waals surface area contributed by atoms with Crippen molar-refractivity contribution in [1.29, 1.82) is 0 Å². The van der Waals surface area contributed by atoms with E-state index in [4.69, 9.17) is 4.42 Å². The Morgan fingerprint density at radius 1 is 1.28 bits per heavy atom. The van der Waals surface area contributed by atoms with Crippen LogP contribution in [0.4, 0.5) is 4.39 Å². The van der Waals surface area contributed by atoms with Crippen molar-refractivity contribution in [2.75, 3.05) is 0 Å². The van der Waals surface area contributed by atoms with Crippen LogP contribution in [0.5, 0.6) is 0 Å². The summed E-state index contributed by atoms with van der Waals surface area (Å²) in [5.74, 6) is -0.380. The molecule has 1 aromatic carbocycles. The maximum absolute atomic E-state index is 13.6. The highest BCUT2D eigenvalue weighted by molar-refractivity contribution is 7.12. The van der Waals surface area contributed by atoms with Gasteiger partial charge in [0.05, 0.1) is 18.0 Å². The van der Waals surface area contributed by atoms with Gasteiger partial charge in [0.15, 0.2) is 5.76 Å². The van der Waals surface area contributed by atoms with E-state index in [0.717, 1.165) is 4.88 Å². The molecule has 1 aliphatic heterocycles. The molecule has 0 saturated carbocycles. The number of nitrogens with zero attached hydrogens (tertiary/aromatic N) is 2. The van der Waals surface area contributed by atoms with Gasteiger partial charge in [-0.05, 0) is 43.3 Å². The van der Waals surface area contributed by atoms with Crippen molar-refractivity contribution in [2.24, 2.45) is 5.10 Å². The molecule has 0 spiro atoms. The number of hydrogen-bond acceptors (Lipinski definition) is 4. The highest BCUT2D eigenvalue weighted by Gasteiger charge is 2.35. The largest absolute Gasteiger partial charge is 0.459 e. The topological polar surface area (TPSA) is 45.8 Å². The molecule has 6 heteroatoms. The fraction of sp³-hybridized carbons (Fsp3) is 0.158. The molecule has 4 rings (SSSR count). The first-order chi connectivity index (χ1) is 12.1. The molecule has 25 heavy (non-hydrogen) atoms. The van der Waals surface area contributed by atoms with Crippen LogP contribution in [0, 0.1) is 12.7 Å². The van der Waals surface area contributed by atoms with Crippen molar-refractivity contribution in [3.63, 3.8) is 0 Å². The molecule has 3 aromatic rings. The molecule has 2 aromatic heterocycles. The predicted molar refractivity (Wildman–Crippen MR) is 94.2 cm³/mol. The van der Waals surface area contributed by atoms with Crippen LogP contribution in [0.3, 0.4) is 0 Å². The Morgan fingerprint density at radius 3 is 2.84 bits per heavy atom. The lowest BCUT2D eigenvalue weighted by atomic mass is 10.0. The number of carbonyl (C=O) groups is 1. The fourth-order valence-electron chi connectivity index (χ4n) is 2.91. The molecule has 4 nitrogen and oxygen atoms in total. The molecule has 1 unspecified atom stereocenters. The van der Waals surface area contributed by atoms with Crippen LogP contribution in [0.15, 0.2) is 64.3 Å². The van der Waals surface area contributed by atoms with Crippen molar-refractivity contribution in [3.8, 4) is 0 Å². The van der Waals surface area contributed by atoms with E-state index in [2.05, 4.69) is 5.10 Å². The molecular formula is C19H15FN2O2S. The number of halogens is 1. The maximum Gasteiger partial charge on any atom is 0.310 e. The second-order valence-electron chi connectivity index (χ2n) is 5.85. The first kappa shape index (κ1) is 15.8. The summed E-state index contributed by atoms with van der Waals surface area (Å²) in [5.41, 5.74) is 1.38. The number of benzene rings is 1. The minimum atomic E-state index is -0.320. The Bertz CT molecular complexity index is 946. The summed E-state index contributed by atoms with van der Waals surface area (Å²) in [6.45, 7) is 2.02. The molecule has 126 valence electrons. The van der Waals surface area contributed by atoms with Crippen molar-refractivity contribution in [2.45, 2.75) is 19.4 Å². The summed E-state index contributed by atoms with van der Waals surface area (Å²) in [4.78, 5) is 15.0. The maximum atomic E-state index is 13.6. The summed E-state index contributed by atoms with van der Waals surface area (Å²) in [6, 6.07) is 13.4. The number of thiophene rings is 1. The first-order valence-corrected chi connectivity index (χ1v) is 8.70. The predicted octanol–water partition coefficient (Wildman–Crippen LogP) is 4.78. The van der Waals surface area contributed by atoms with Crippen LogP contribution in [0.25, 0.3) is 0 Å². The van der Waals surface area contributed by atoms with Crippen LogP contribution in [0.2, 0.25) is 0 Å². The smallest absolute Gasteiger partial charge is 0.310 e. The lowest BCUT2D eigenvalue weighted by Gasteiger charge is -2.19. The summed E-state index contributed by atoms with van der Waals surface area (Å²) >= 11 is 1.63. The number of carbonyl (C=O) groups excluding carboxylic acids is 1. The average Bonchev–Trinajstić information content (AvgIpc) is 3.34. The Hall–Kier alpha value is -2.73. The molecular weight excluding hydrogens is 339 g/mol. The van der Waals surface area contributed by atoms with Gasteiger partial charge in [0, 0.05) is 21.7 Å². The first-order valence-electron chi connectivity index (χ1n) is 7.88. The molecule has 0 aliphatic carbocycles. The highest BCUT2D eigenvalue weighted by Crippen LogP contribution is 2.37. The lowest BCUT2D eigenvalue weighted by molar-refractivity contribution is 0.0681. The van der Waals surface area contributed by atoms with E-state index >= 15 is 0 Å². The Labute approximate surface area is 148 Å². The zero-order valence-corrected chi connectivity index (χ0v) is 14.3. The van der Waals surface area contributed by atoms with Gasteiger partial charge < -0.3 is 4.42 Å². The Morgan fingerprint density at radius 2 is 2.16 bits per heavy atom. The van der Waals surface area contributed by atoms with Gasteiger partial charge in [0.1, 0.15) is 5.82 Å². The van der Waals surface area contributed by atoms with E-state index in [9.17, 15) is 9.18 Å². The van der Waals surface area contributed by atoms with Crippen LogP contribution in [-0.4, -0.2) is 16.6 Å². The van der Waals surface area contributed by atoms with Crippen molar-refractivity contribution in [1.82, 2.24) is 5.01 Å². The van der Waals surface area contributed by atoms with Gasteiger partial charge in [-0.3, -0.25) is 4.79 Å². The average molecular weight is 354 g/mol. The molecule has 1 amide bonds. The molecule has 1 atom stereocenters. The SMILES string of the molecule is Cc1ccc(C2CC(c3cccc(F)c3)=NN2C(=O)c2ccco2)s1. The third kappa shape index (κ3) is 3.00. The van der Waals surface area contributed by atoms with Gasteiger partial charge in [-0.2, -0.15) is 5.10 Å². The van der Waals surface area contributed by atoms with Gasteiger partial charge in [-0.25, -0.2) is 9.40 Å². The monoisotopic (exact) mass is 354 g/mol. The van der Waals surface area contributed by atoms with E-state index in [0.29, 0.717) is 17.7 Å². The van der Waals surface area contributed by atoms with Crippen LogP contribution >= 0.6 is 11.3 Å².